The van der Waals surface area contributed by atoms with Gasteiger partial charge in [0.25, 0.3) is 11.8 Å². The summed E-state index contributed by atoms with van der Waals surface area (Å²) in [5, 5.41) is 7.46. The average molecular weight is 466 g/mol. The molecule has 0 spiro atoms. The minimum absolute atomic E-state index is 0.181. The predicted octanol–water partition coefficient (Wildman–Crippen LogP) is 3.52. The first-order chi connectivity index (χ1) is 16.0. The quantitative estimate of drug-likeness (QED) is 0.556. The van der Waals surface area contributed by atoms with Crippen LogP contribution in [0.5, 0.6) is 0 Å². The number of pyridine rings is 1. The molecule has 1 saturated heterocycles. The van der Waals surface area contributed by atoms with E-state index in [9.17, 15) is 13.8 Å². The predicted molar refractivity (Wildman–Crippen MR) is 130 cm³/mol. The number of carbonyl (C=O) groups excluding carboxylic acids is 2. The maximum Gasteiger partial charge on any atom is 0.272 e. The molecule has 4 rings (SSSR count). The van der Waals surface area contributed by atoms with Crippen LogP contribution >= 0.6 is 0 Å². The summed E-state index contributed by atoms with van der Waals surface area (Å²) in [6.45, 7) is 1.98. The molecule has 1 fully saturated rings. The van der Waals surface area contributed by atoms with Crippen LogP contribution in [0, 0.1) is 5.92 Å². The number of ether oxygens (including phenoxy) is 1. The van der Waals surface area contributed by atoms with Gasteiger partial charge < -0.3 is 15.4 Å². The number of benzene rings is 2. The van der Waals surface area contributed by atoms with Crippen LogP contribution in [0.2, 0.25) is 0 Å². The largest absolute Gasteiger partial charge is 0.381 e. The molecule has 7 nitrogen and oxygen atoms in total. The zero-order valence-electron chi connectivity index (χ0n) is 18.5. The molecule has 2 N–H and O–H groups in total. The Balaban J connectivity index is 1.54. The van der Waals surface area contributed by atoms with Crippen molar-refractivity contribution in [3.8, 4) is 0 Å². The number of carbonyl (C=O) groups is 2. The second kappa shape index (κ2) is 10.7. The van der Waals surface area contributed by atoms with Crippen LogP contribution in [0.4, 0.5) is 5.69 Å². The normalized spacial score (nSPS) is 15.2. The number of hydrogen-bond donors (Lipinski definition) is 2. The van der Waals surface area contributed by atoms with E-state index in [4.69, 9.17) is 4.74 Å². The van der Waals surface area contributed by atoms with Crippen molar-refractivity contribution in [3.05, 3.63) is 71.5 Å². The fraction of sp³-hybridized carbons (Fsp3) is 0.320. The van der Waals surface area contributed by atoms with Crippen molar-refractivity contribution < 1.29 is 18.5 Å². The highest BCUT2D eigenvalue weighted by Crippen LogP contribution is 2.25. The lowest BCUT2D eigenvalue weighted by Crippen LogP contribution is -2.33. The van der Waals surface area contributed by atoms with Gasteiger partial charge in [-0.05, 0) is 53.3 Å². The van der Waals surface area contributed by atoms with E-state index in [1.165, 1.54) is 6.20 Å². The average Bonchev–Trinajstić information content (AvgIpc) is 2.83. The molecule has 0 aliphatic carbocycles. The third-order valence-corrected chi connectivity index (χ3v) is 6.50. The van der Waals surface area contributed by atoms with Gasteiger partial charge in [-0.2, -0.15) is 0 Å². The van der Waals surface area contributed by atoms with E-state index in [2.05, 4.69) is 15.6 Å². The van der Waals surface area contributed by atoms with Crippen LogP contribution in [0.1, 0.15) is 39.3 Å². The fourth-order valence-electron chi connectivity index (χ4n) is 4.05. The molecule has 0 bridgehead atoms. The van der Waals surface area contributed by atoms with Crippen molar-refractivity contribution >= 4 is 39.1 Å². The van der Waals surface area contributed by atoms with E-state index in [0.29, 0.717) is 42.7 Å². The first kappa shape index (κ1) is 23.1. The molecule has 0 radical (unpaired) electrons. The van der Waals surface area contributed by atoms with Crippen molar-refractivity contribution in [2.75, 3.05) is 31.3 Å². The Labute approximate surface area is 195 Å². The molecular weight excluding hydrogens is 438 g/mol. The summed E-state index contributed by atoms with van der Waals surface area (Å²) in [7, 11) is -0.994. The van der Waals surface area contributed by atoms with E-state index >= 15 is 0 Å². The third-order valence-electron chi connectivity index (χ3n) is 5.78. The van der Waals surface area contributed by atoms with Crippen LogP contribution in [-0.4, -0.2) is 47.0 Å². The molecule has 1 aromatic heterocycles. The van der Waals surface area contributed by atoms with Crippen LogP contribution in [0.3, 0.4) is 0 Å². The summed E-state index contributed by atoms with van der Waals surface area (Å²) >= 11 is 0. The lowest BCUT2D eigenvalue weighted by atomic mass is 9.99. The number of nitrogens with zero attached hydrogens (tertiary/aromatic N) is 1. The summed E-state index contributed by atoms with van der Waals surface area (Å²) < 4.78 is 17.1. The number of hydrogen-bond acceptors (Lipinski definition) is 5. The van der Waals surface area contributed by atoms with Gasteiger partial charge in [0.05, 0.1) is 5.69 Å². The monoisotopic (exact) mass is 465 g/mol. The zero-order valence-corrected chi connectivity index (χ0v) is 19.3. The zero-order chi connectivity index (χ0) is 23.2. The second-order valence-corrected chi connectivity index (χ2v) is 9.59. The van der Waals surface area contributed by atoms with Crippen molar-refractivity contribution in [2.45, 2.75) is 18.6 Å². The topological polar surface area (TPSA) is 97.4 Å². The Bertz CT molecular complexity index is 1190. The van der Waals surface area contributed by atoms with Gasteiger partial charge in [0.2, 0.25) is 0 Å². The molecule has 0 unspecified atom stereocenters. The number of amides is 2. The number of rotatable bonds is 7. The smallest absolute Gasteiger partial charge is 0.272 e. The maximum atomic E-state index is 13.2. The van der Waals surface area contributed by atoms with Gasteiger partial charge in [-0.25, -0.2) is 4.98 Å². The highest BCUT2D eigenvalue weighted by molar-refractivity contribution is 7.83. The number of nitrogens with one attached hydrogen (secondary N) is 2. The highest BCUT2D eigenvalue weighted by atomic mass is 32.2. The van der Waals surface area contributed by atoms with Gasteiger partial charge in [-0.3, -0.25) is 13.8 Å². The van der Waals surface area contributed by atoms with E-state index in [-0.39, 0.29) is 17.5 Å². The summed E-state index contributed by atoms with van der Waals surface area (Å²) in [5.41, 5.74) is 1.95. The van der Waals surface area contributed by atoms with Gasteiger partial charge in [-0.1, -0.05) is 30.3 Å². The van der Waals surface area contributed by atoms with E-state index in [0.717, 1.165) is 29.2 Å². The van der Waals surface area contributed by atoms with E-state index < -0.39 is 10.8 Å². The maximum absolute atomic E-state index is 13.2. The summed E-state index contributed by atoms with van der Waals surface area (Å²) in [6.07, 6.45) is 5.03. The minimum atomic E-state index is -0.994. The number of aromatic nitrogens is 1. The molecule has 8 heteroatoms. The Morgan fingerprint density at radius 2 is 1.79 bits per heavy atom. The van der Waals surface area contributed by atoms with Crippen molar-refractivity contribution in [3.63, 3.8) is 0 Å². The third kappa shape index (κ3) is 5.64. The van der Waals surface area contributed by atoms with Gasteiger partial charge in [-0.15, -0.1) is 0 Å². The molecule has 172 valence electrons. The number of anilines is 1. The Morgan fingerprint density at radius 1 is 1.03 bits per heavy atom. The summed E-state index contributed by atoms with van der Waals surface area (Å²) in [6, 6.07) is 14.5. The van der Waals surface area contributed by atoms with Gasteiger partial charge in [0.15, 0.2) is 5.69 Å². The lowest BCUT2D eigenvalue weighted by Gasteiger charge is -2.22. The molecule has 1 aliphatic heterocycles. The van der Waals surface area contributed by atoms with Crippen molar-refractivity contribution in [2.24, 2.45) is 5.92 Å². The highest BCUT2D eigenvalue weighted by Gasteiger charge is 2.20. The van der Waals surface area contributed by atoms with Crippen molar-refractivity contribution in [1.82, 2.24) is 10.3 Å². The SMILES string of the molecule is C[S@](=O)Cc1ccc(C(=O)Nc2cccnc2C(=O)NCC2CCOCC2)c2ccccc12. The molecule has 2 heterocycles. The molecule has 1 aliphatic rings. The van der Waals surface area contributed by atoms with Gasteiger partial charge in [0.1, 0.15) is 0 Å². The molecule has 3 aromatic rings. The van der Waals surface area contributed by atoms with Gasteiger partial charge >= 0.3 is 0 Å². The molecule has 33 heavy (non-hydrogen) atoms. The molecule has 1 atom stereocenters. The Morgan fingerprint density at radius 3 is 2.55 bits per heavy atom. The van der Waals surface area contributed by atoms with Crippen molar-refractivity contribution in [1.29, 1.82) is 0 Å². The Hall–Kier alpha value is -3.10. The van der Waals surface area contributed by atoms with E-state index in [1.54, 1.807) is 24.5 Å². The second-order valence-electron chi connectivity index (χ2n) is 8.15. The summed E-state index contributed by atoms with van der Waals surface area (Å²) in [5.74, 6) is 0.152. The molecule has 0 saturated carbocycles. The first-order valence-corrected chi connectivity index (χ1v) is 12.7. The summed E-state index contributed by atoms with van der Waals surface area (Å²) in [4.78, 5) is 30.2. The Kier molecular flexibility index (Phi) is 7.47. The van der Waals surface area contributed by atoms with E-state index in [1.807, 2.05) is 30.3 Å². The van der Waals surface area contributed by atoms with Crippen LogP contribution < -0.4 is 10.6 Å². The van der Waals surface area contributed by atoms with Crippen LogP contribution in [-0.2, 0) is 21.3 Å². The first-order valence-electron chi connectivity index (χ1n) is 11.0. The van der Waals surface area contributed by atoms with Crippen LogP contribution in [0.25, 0.3) is 10.8 Å². The van der Waals surface area contributed by atoms with Gasteiger partial charge in [0, 0.05) is 54.3 Å². The lowest BCUT2D eigenvalue weighted by molar-refractivity contribution is 0.0642. The fourth-order valence-corrected chi connectivity index (χ4v) is 4.74. The molecule has 2 amide bonds. The minimum Gasteiger partial charge on any atom is -0.381 e. The standard InChI is InChI=1S/C25H27N3O4S/c1-33(31)16-18-8-9-21(20-6-3-2-5-19(18)20)24(29)28-22-7-4-12-26-23(22)25(30)27-15-17-10-13-32-14-11-17/h2-9,12,17H,10-11,13-16H2,1H3,(H,27,30)(H,28,29)/t33-/m0/s1. The molecule has 2 aromatic carbocycles. The number of fused-ring (bicyclic) bond motifs is 1. The van der Waals surface area contributed by atoms with Crippen LogP contribution in [0.15, 0.2) is 54.7 Å². The molecular formula is C25H27N3O4S.